The molecule has 1 aliphatic rings. The Labute approximate surface area is 643 Å². The second kappa shape index (κ2) is 71.2. The van der Waals surface area contributed by atoms with Crippen molar-refractivity contribution in [3.63, 3.8) is 0 Å². The number of halogens is 8. The molecule has 0 bridgehead atoms. The van der Waals surface area contributed by atoms with Crippen molar-refractivity contribution in [2.45, 2.75) is 182 Å². The first kappa shape index (κ1) is 122. The number of nitrogens with one attached hydrogen (secondary N) is 7. The summed E-state index contributed by atoms with van der Waals surface area (Å²) in [5, 5.41) is 45.5. The van der Waals surface area contributed by atoms with Crippen LogP contribution in [-0.2, 0) is 47.5 Å². The Morgan fingerprint density at radius 2 is 0.867 bits per heavy atom. The van der Waals surface area contributed by atoms with Crippen LogP contribution in [0.1, 0.15) is 119 Å². The van der Waals surface area contributed by atoms with Crippen molar-refractivity contribution in [1.82, 2.24) is 37.2 Å². The summed E-state index contributed by atoms with van der Waals surface area (Å²) in [6, 6.07) is 1.24. The van der Waals surface area contributed by atoms with Gasteiger partial charge in [-0.2, -0.15) is 0 Å². The number of alkyl carbamates (subject to hydrolysis) is 4. The molecule has 0 radical (unpaired) electrons. The van der Waals surface area contributed by atoms with Gasteiger partial charge in [0.05, 0.1) is 52.7 Å². The van der Waals surface area contributed by atoms with E-state index in [0.717, 1.165) is 49.1 Å². The van der Waals surface area contributed by atoms with Crippen LogP contribution >= 0.6 is 111 Å². The molecule has 594 valence electrons. The van der Waals surface area contributed by atoms with E-state index in [1.807, 2.05) is 53.7 Å². The van der Waals surface area contributed by atoms with Gasteiger partial charge in [-0.1, -0.05) is 17.7 Å². The predicted molar refractivity (Wildman–Crippen MR) is 412 cm³/mol. The molecule has 0 spiro atoms. The summed E-state index contributed by atoms with van der Waals surface area (Å²) in [6.45, 7) is 34.1. The molecule has 98 heavy (non-hydrogen) atoms. The number of carbonyl (C=O) groups is 6. The molecule has 22 N–H and O–H groups in total. The molecule has 39 heteroatoms. The minimum atomic E-state index is -1.09. The van der Waals surface area contributed by atoms with Gasteiger partial charge in [0.15, 0.2) is 18.4 Å². The first-order chi connectivity index (χ1) is 41.8. The average Bonchev–Trinajstić information content (AvgIpc) is 0.850. The fraction of sp³-hybridized carbons (Fsp3) is 0.797. The molecule has 1 heterocycles. The Bertz CT molecular complexity index is 2070. The van der Waals surface area contributed by atoms with E-state index in [9.17, 15) is 28.8 Å². The van der Waals surface area contributed by atoms with Gasteiger partial charge in [0.2, 0.25) is 0 Å². The number of hydrogen-bond acceptors (Lipinski definition) is 27. The van der Waals surface area contributed by atoms with E-state index in [4.69, 9.17) is 87.6 Å². The van der Waals surface area contributed by atoms with Gasteiger partial charge in [-0.05, 0) is 134 Å². The molecule has 1 fully saturated rings. The Morgan fingerprint density at radius 3 is 1.19 bits per heavy atom. The lowest BCUT2D eigenvalue weighted by molar-refractivity contribution is -0.165. The number of carbonyl (C=O) groups excluding carboxylic acids is 6. The van der Waals surface area contributed by atoms with E-state index in [1.54, 1.807) is 62.3 Å². The fourth-order valence-electron chi connectivity index (χ4n) is 6.63. The first-order valence-corrected chi connectivity index (χ1v) is 30.1. The number of benzene rings is 1. The van der Waals surface area contributed by atoms with Crippen molar-refractivity contribution < 1.29 is 86.7 Å². The summed E-state index contributed by atoms with van der Waals surface area (Å²) in [5.74, 6) is -0.618. The van der Waals surface area contributed by atoms with Crippen molar-refractivity contribution in [3.05, 3.63) is 28.8 Å². The number of hydrogen-bond donors (Lipinski definition) is 16. The summed E-state index contributed by atoms with van der Waals surface area (Å²) in [7, 11) is 2.43. The Morgan fingerprint density at radius 1 is 0.510 bits per heavy atom. The largest absolute Gasteiger partial charge is 0.490 e. The molecule has 1 aromatic rings. The van der Waals surface area contributed by atoms with Gasteiger partial charge < -0.3 is 130 Å². The van der Waals surface area contributed by atoms with Crippen molar-refractivity contribution in [3.8, 4) is 5.75 Å². The van der Waals surface area contributed by atoms with E-state index in [1.165, 1.54) is 14.2 Å². The summed E-state index contributed by atoms with van der Waals surface area (Å²) in [6.07, 6.45) is 0.478. The van der Waals surface area contributed by atoms with Crippen LogP contribution in [0, 0.1) is 20.8 Å². The quantitative estimate of drug-likeness (QED) is 0.0245. The van der Waals surface area contributed by atoms with Crippen molar-refractivity contribution in [2.24, 2.45) is 34.4 Å². The maximum absolute atomic E-state index is 11.9. The van der Waals surface area contributed by atoms with Crippen LogP contribution in [0.15, 0.2) is 12.1 Å². The lowest BCUT2D eigenvalue weighted by Gasteiger charge is -2.27. The third kappa shape index (κ3) is 77.4. The molecule has 0 aromatic heterocycles. The van der Waals surface area contributed by atoms with Crippen LogP contribution in [0.3, 0.4) is 0 Å². The smallest absolute Gasteiger partial charge is 0.408 e. The number of ether oxygens (including phenoxy) is 9. The summed E-state index contributed by atoms with van der Waals surface area (Å²) >= 11 is 0. The summed E-state index contributed by atoms with van der Waals surface area (Å²) < 4.78 is 46.5. The Hall–Kier alpha value is -2.76. The van der Waals surface area contributed by atoms with Crippen molar-refractivity contribution >= 4 is 147 Å². The summed E-state index contributed by atoms with van der Waals surface area (Å²) in [4.78, 5) is 69.2. The number of aliphatic hydroxyl groups excluding tert-OH is 3. The van der Waals surface area contributed by atoms with Crippen LogP contribution in [0.4, 0.5) is 19.2 Å². The molecule has 1 aliphatic heterocycles. The maximum Gasteiger partial charge on any atom is 0.408 e. The van der Waals surface area contributed by atoms with Crippen LogP contribution in [0.2, 0.25) is 0 Å². The van der Waals surface area contributed by atoms with Crippen molar-refractivity contribution in [1.29, 1.82) is 0 Å². The molecule has 0 aliphatic carbocycles. The average molecular weight is 1680 g/mol. The van der Waals surface area contributed by atoms with Gasteiger partial charge in [-0.3, -0.25) is 0 Å². The van der Waals surface area contributed by atoms with Gasteiger partial charge in [-0.15, -0.1) is 111 Å². The molecule has 1 saturated heterocycles. The standard InChI is InChI=1S/C18H27NO5.C15H31N3O4.C10H23N3O3.C9H17NO5.C5H15N3O.C2H8N2.7ClH.HI/c1-11-8-12(2)15(13(3)9-11)23-10-14(16(20)22-7)19-17(21)24-18(4,5)6;1-15(2,3)22-14(19)18-12(10-17-8-7-16)11-21-13-6-4-5-9-20-13;1-10(2,3)16-9(15)13-8(7-14)6-12-5-4-11;1-9(2,3)15-8(13)10-6(5-11)7(12)14-4;6-1-2-8-3-5(7)4-9;3-1-2-4;;;;;;;;/h8-9,14H,10H2,1-7H3,(H,19,21);12-13,17H,4-11,16H2,1-3H3,(H,18,19);8,12,14H,4-7,11H2,1-3H3,(H,13,15);6,11H,5H2,1-4H3,(H,10,13);5,8-9H,1-4,6-7H2;1-4H2;8*1H/t14-;12-,13?;8-;6-;5-;;;;;;;;;/m01101........./s1. The van der Waals surface area contributed by atoms with Crippen LogP contribution < -0.4 is 76.4 Å². The SMILES string of the molecule is CC(C)(C)OC(=O)N[C@@H](CO)CNCCN.CC(C)(C)OC(=O)N[C@H](CNCCN)COC1CCCCO1.COC(=O)[C@H](CO)NC(=O)OC(C)(C)C.COC(=O)[C@H](COc1c(C)cc(C)cc1C)NC(=O)OC(C)(C)C.Cl.Cl.Cl.Cl.Cl.Cl.Cl.I.NCCN.NCCNC[C@@H](N)CO. The minimum absolute atomic E-state index is 0. The zero-order valence-electron chi connectivity index (χ0n) is 60.5. The minimum Gasteiger partial charge on any atom is -0.490 e. The van der Waals surface area contributed by atoms with Gasteiger partial charge in [-0.25, -0.2) is 28.8 Å². The highest BCUT2D eigenvalue weighted by atomic mass is 127. The molecule has 6 atom stereocenters. The summed E-state index contributed by atoms with van der Waals surface area (Å²) in [5.41, 5.74) is 31.8. The molecule has 31 nitrogen and oxygen atoms in total. The second-order valence-electron chi connectivity index (χ2n) is 24.2. The van der Waals surface area contributed by atoms with Crippen LogP contribution in [0.25, 0.3) is 0 Å². The van der Waals surface area contributed by atoms with Gasteiger partial charge >= 0.3 is 36.3 Å². The highest BCUT2D eigenvalue weighted by Crippen LogP contribution is 2.25. The van der Waals surface area contributed by atoms with E-state index >= 15 is 0 Å². The Balaban J connectivity index is -0.0000000935. The number of methoxy groups -OCH3 is 2. The zero-order valence-corrected chi connectivity index (χ0v) is 68.5. The topological polar surface area (TPSA) is 487 Å². The van der Waals surface area contributed by atoms with Gasteiger partial charge in [0, 0.05) is 84.6 Å². The lowest BCUT2D eigenvalue weighted by Crippen LogP contribution is -2.48. The third-order valence-electron chi connectivity index (χ3n) is 10.4. The molecular formula is C59H129Cl7IN13O18. The lowest BCUT2D eigenvalue weighted by atomic mass is 10.1. The Kier molecular flexibility index (Phi) is 88.7. The molecular weight excluding hydrogens is 1550 g/mol. The van der Waals surface area contributed by atoms with Crippen LogP contribution in [-0.4, -0.2) is 236 Å². The van der Waals surface area contributed by atoms with Crippen molar-refractivity contribution in [2.75, 3.05) is 126 Å². The molecule has 2 rings (SSSR count). The van der Waals surface area contributed by atoms with E-state index < -0.39 is 77.4 Å². The number of aryl methyl sites for hydroxylation is 3. The van der Waals surface area contributed by atoms with Gasteiger partial charge in [0.25, 0.3) is 0 Å². The molecule has 1 aromatic carbocycles. The fourth-order valence-corrected chi connectivity index (χ4v) is 6.63. The molecule has 1 unspecified atom stereocenters. The van der Waals surface area contributed by atoms with E-state index in [0.29, 0.717) is 77.8 Å². The highest BCUT2D eigenvalue weighted by molar-refractivity contribution is 14.0. The van der Waals surface area contributed by atoms with Gasteiger partial charge in [0.1, 0.15) is 34.8 Å². The number of amides is 4. The molecule has 0 saturated carbocycles. The normalized spacial score (nSPS) is 13.3. The monoisotopic (exact) mass is 1680 g/mol. The third-order valence-corrected chi connectivity index (χ3v) is 10.4. The maximum atomic E-state index is 11.9. The second-order valence-corrected chi connectivity index (χ2v) is 24.2. The molecule has 4 amide bonds. The van der Waals surface area contributed by atoms with E-state index in [-0.39, 0.29) is 155 Å². The van der Waals surface area contributed by atoms with Crippen LogP contribution in [0.5, 0.6) is 5.75 Å². The number of rotatable bonds is 28. The number of esters is 2. The number of aliphatic hydroxyl groups is 3. The predicted octanol–water partition coefficient (Wildman–Crippen LogP) is 3.82. The first-order valence-electron chi connectivity index (χ1n) is 30.1. The zero-order chi connectivity index (χ0) is 70.1. The van der Waals surface area contributed by atoms with E-state index in [2.05, 4.69) is 42.0 Å². The highest BCUT2D eigenvalue weighted by Gasteiger charge is 2.28. The number of nitrogens with two attached hydrogens (primary N) is 6.